The zero-order chi connectivity index (χ0) is 20.5. The summed E-state index contributed by atoms with van der Waals surface area (Å²) < 4.78 is 15.6. The van der Waals surface area contributed by atoms with Crippen LogP contribution in [0, 0.1) is 0 Å². The summed E-state index contributed by atoms with van der Waals surface area (Å²) in [5, 5.41) is 18.0. The van der Waals surface area contributed by atoms with E-state index >= 15 is 0 Å². The number of nitrogens with zero attached hydrogens (tertiary/aromatic N) is 1. The van der Waals surface area contributed by atoms with Crippen LogP contribution in [0.4, 0.5) is 5.69 Å². The summed E-state index contributed by atoms with van der Waals surface area (Å²) in [6.07, 6.45) is 0. The van der Waals surface area contributed by atoms with Crippen molar-refractivity contribution in [1.29, 1.82) is 0 Å². The Hall–Kier alpha value is -3.33. The summed E-state index contributed by atoms with van der Waals surface area (Å²) in [5.41, 5.74) is 4.85. The number of aliphatic carboxylic acids is 1. The number of benzene rings is 2. The van der Waals surface area contributed by atoms with Gasteiger partial charge in [-0.05, 0) is 43.4 Å². The van der Waals surface area contributed by atoms with E-state index in [1.54, 1.807) is 57.5 Å². The topological polar surface area (TPSA) is 104 Å². The highest BCUT2D eigenvalue weighted by Crippen LogP contribution is 2.29. The summed E-state index contributed by atoms with van der Waals surface area (Å²) in [7, 11) is 3.11. The maximum Gasteiger partial charge on any atom is 0.191 e. The van der Waals surface area contributed by atoms with Crippen molar-refractivity contribution in [2.45, 2.75) is 6.92 Å². The molecule has 0 aromatic heterocycles. The van der Waals surface area contributed by atoms with Gasteiger partial charge in [-0.3, -0.25) is 5.43 Å². The number of hydrogen-bond acceptors (Lipinski definition) is 7. The number of ether oxygens (including phenoxy) is 3. The highest BCUT2D eigenvalue weighted by atomic mass is 32.1. The zero-order valence-corrected chi connectivity index (χ0v) is 16.5. The highest BCUT2D eigenvalue weighted by molar-refractivity contribution is 7.80. The number of carboxylic acids is 1. The molecule has 0 heterocycles. The van der Waals surface area contributed by atoms with Crippen LogP contribution in [0.3, 0.4) is 0 Å². The first kappa shape index (κ1) is 21.0. The molecule has 9 heteroatoms. The minimum absolute atomic E-state index is 0.288. The molecule has 148 valence electrons. The number of nitrogens with one attached hydrogen (secondary N) is 2. The molecule has 0 aliphatic carbocycles. The maximum atomic E-state index is 10.5. The Morgan fingerprint density at radius 3 is 2.57 bits per heavy atom. The monoisotopic (exact) mass is 402 g/mol. The first-order valence-electron chi connectivity index (χ1n) is 8.19. The lowest BCUT2D eigenvalue weighted by Crippen LogP contribution is -2.29. The quantitative estimate of drug-likeness (QED) is 0.389. The maximum absolute atomic E-state index is 10.5. The Labute approximate surface area is 168 Å². The molecule has 0 unspecified atom stereocenters. The fraction of sp³-hybridized carbons (Fsp3) is 0.211. The number of hydrazone groups is 1. The molecular formula is C19H20N3O5S-. The third kappa shape index (κ3) is 6.13. The van der Waals surface area contributed by atoms with Crippen molar-refractivity contribution in [2.75, 3.05) is 26.1 Å². The van der Waals surface area contributed by atoms with E-state index < -0.39 is 12.6 Å². The van der Waals surface area contributed by atoms with E-state index in [4.69, 9.17) is 26.4 Å². The second-order valence-corrected chi connectivity index (χ2v) is 5.93. The molecule has 2 N–H and O–H groups in total. The van der Waals surface area contributed by atoms with E-state index in [9.17, 15) is 9.90 Å². The number of carbonyl (C=O) groups excluding carboxylic acids is 1. The minimum atomic E-state index is -1.29. The molecule has 28 heavy (non-hydrogen) atoms. The summed E-state index contributed by atoms with van der Waals surface area (Å²) >= 11 is 5.24. The van der Waals surface area contributed by atoms with Crippen molar-refractivity contribution in [3.8, 4) is 17.2 Å². The van der Waals surface area contributed by atoms with Gasteiger partial charge in [-0.1, -0.05) is 12.1 Å². The second-order valence-electron chi connectivity index (χ2n) is 5.52. The standard InChI is InChI=1S/C19H21N3O5S/c1-12(13-5-4-6-15(9-13)27-11-18(23)24)21-22-19(28)20-14-7-8-16(25-2)17(10-14)26-3/h4-10H,11H2,1-3H3,(H,23,24)(H2,20,22,28)/p-1/b21-12-. The van der Waals surface area contributed by atoms with E-state index in [0.29, 0.717) is 28.6 Å². The third-order valence-corrected chi connectivity index (χ3v) is 3.77. The van der Waals surface area contributed by atoms with Crippen LogP contribution in [0.5, 0.6) is 17.2 Å². The van der Waals surface area contributed by atoms with Crippen LogP contribution in [-0.4, -0.2) is 37.6 Å². The molecule has 2 rings (SSSR count). The fourth-order valence-electron chi connectivity index (χ4n) is 2.23. The Morgan fingerprint density at radius 1 is 1.14 bits per heavy atom. The average Bonchev–Trinajstić information content (AvgIpc) is 2.70. The average molecular weight is 402 g/mol. The van der Waals surface area contributed by atoms with Crippen molar-refractivity contribution in [3.05, 3.63) is 48.0 Å². The minimum Gasteiger partial charge on any atom is -0.546 e. The molecule has 2 aromatic carbocycles. The molecule has 0 spiro atoms. The van der Waals surface area contributed by atoms with Crippen LogP contribution in [0.2, 0.25) is 0 Å². The number of rotatable bonds is 8. The molecule has 0 saturated carbocycles. The lowest BCUT2D eigenvalue weighted by molar-refractivity contribution is -0.307. The number of thiocarbonyl (C=S) groups is 1. The van der Waals surface area contributed by atoms with E-state index in [2.05, 4.69) is 15.8 Å². The summed E-state index contributed by atoms with van der Waals surface area (Å²) in [6.45, 7) is 1.26. The van der Waals surface area contributed by atoms with Crippen molar-refractivity contribution in [1.82, 2.24) is 5.43 Å². The summed E-state index contributed by atoms with van der Waals surface area (Å²) in [5.74, 6) is 0.302. The molecule has 8 nitrogen and oxygen atoms in total. The normalized spacial score (nSPS) is 10.8. The number of carboxylic acid groups (broad SMARTS) is 1. The van der Waals surface area contributed by atoms with E-state index in [1.165, 1.54) is 0 Å². The van der Waals surface area contributed by atoms with Gasteiger partial charge in [0.15, 0.2) is 16.6 Å². The fourth-order valence-corrected chi connectivity index (χ4v) is 2.39. The molecular weight excluding hydrogens is 382 g/mol. The van der Waals surface area contributed by atoms with E-state index in [1.807, 2.05) is 6.07 Å². The molecule has 0 fully saturated rings. The molecule has 0 bridgehead atoms. The summed E-state index contributed by atoms with van der Waals surface area (Å²) in [4.78, 5) is 10.5. The van der Waals surface area contributed by atoms with Crippen LogP contribution >= 0.6 is 12.2 Å². The number of hydrogen-bond donors (Lipinski definition) is 2. The Bertz CT molecular complexity index is 886. The molecule has 0 saturated heterocycles. The zero-order valence-electron chi connectivity index (χ0n) is 15.6. The van der Waals surface area contributed by atoms with Gasteiger partial charge in [0.2, 0.25) is 0 Å². The van der Waals surface area contributed by atoms with Gasteiger partial charge < -0.3 is 29.4 Å². The van der Waals surface area contributed by atoms with Crippen LogP contribution in [0.25, 0.3) is 0 Å². The largest absolute Gasteiger partial charge is 0.546 e. The Morgan fingerprint density at radius 2 is 1.89 bits per heavy atom. The highest BCUT2D eigenvalue weighted by Gasteiger charge is 2.06. The van der Waals surface area contributed by atoms with Gasteiger partial charge in [0.05, 0.1) is 25.9 Å². The number of anilines is 1. The summed E-state index contributed by atoms with van der Waals surface area (Å²) in [6, 6.07) is 12.2. The van der Waals surface area contributed by atoms with E-state index in [-0.39, 0.29) is 5.11 Å². The first-order chi connectivity index (χ1) is 13.4. The predicted octanol–water partition coefficient (Wildman–Crippen LogP) is 1.54. The molecule has 0 aliphatic heterocycles. The third-order valence-electron chi connectivity index (χ3n) is 3.58. The van der Waals surface area contributed by atoms with Gasteiger partial charge >= 0.3 is 0 Å². The lowest BCUT2D eigenvalue weighted by atomic mass is 10.1. The van der Waals surface area contributed by atoms with Gasteiger partial charge in [-0.15, -0.1) is 0 Å². The second kappa shape index (κ2) is 10.1. The van der Waals surface area contributed by atoms with E-state index in [0.717, 1.165) is 5.56 Å². The van der Waals surface area contributed by atoms with Gasteiger partial charge in [-0.25, -0.2) is 0 Å². The molecule has 0 atom stereocenters. The first-order valence-corrected chi connectivity index (χ1v) is 8.60. The number of methoxy groups -OCH3 is 2. The van der Waals surface area contributed by atoms with Crippen molar-refractivity contribution in [3.63, 3.8) is 0 Å². The number of carbonyl (C=O) groups is 1. The molecule has 2 aromatic rings. The lowest BCUT2D eigenvalue weighted by Gasteiger charge is -2.12. The van der Waals surface area contributed by atoms with Gasteiger partial charge in [0, 0.05) is 17.3 Å². The van der Waals surface area contributed by atoms with Crippen LogP contribution < -0.4 is 30.1 Å². The molecule has 0 aliphatic rings. The van der Waals surface area contributed by atoms with Crippen molar-refractivity contribution < 1.29 is 24.1 Å². The predicted molar refractivity (Wildman–Crippen MR) is 108 cm³/mol. The van der Waals surface area contributed by atoms with Gasteiger partial charge in [0.25, 0.3) is 0 Å². The molecule has 0 amide bonds. The molecule has 0 radical (unpaired) electrons. The Kier molecular flexibility index (Phi) is 7.58. The smallest absolute Gasteiger partial charge is 0.191 e. The van der Waals surface area contributed by atoms with Crippen LogP contribution in [0.15, 0.2) is 47.6 Å². The van der Waals surface area contributed by atoms with Crippen LogP contribution in [-0.2, 0) is 4.79 Å². The van der Waals surface area contributed by atoms with Crippen molar-refractivity contribution >= 4 is 34.7 Å². The van der Waals surface area contributed by atoms with Gasteiger partial charge in [-0.2, -0.15) is 5.10 Å². The van der Waals surface area contributed by atoms with Crippen molar-refractivity contribution in [2.24, 2.45) is 5.10 Å². The van der Waals surface area contributed by atoms with Gasteiger partial charge in [0.1, 0.15) is 12.4 Å². The SMILES string of the molecule is COc1ccc(NC(=S)N/N=C(/C)c2cccc(OCC(=O)[O-])c2)cc1OC. The van der Waals surface area contributed by atoms with Crippen LogP contribution in [0.1, 0.15) is 12.5 Å². The Balaban J connectivity index is 2.00.